The largest absolute Gasteiger partial charge is 0.481 e. The fourth-order valence-corrected chi connectivity index (χ4v) is 2.00. The van der Waals surface area contributed by atoms with E-state index in [1.165, 1.54) is 18.2 Å². The van der Waals surface area contributed by atoms with Crippen LogP contribution in [0.2, 0.25) is 0 Å². The Hall–Kier alpha value is -2.69. The van der Waals surface area contributed by atoms with Gasteiger partial charge in [-0.2, -0.15) is 0 Å². The Morgan fingerprint density at radius 1 is 1.05 bits per heavy atom. The molecule has 1 N–H and O–H groups in total. The molecule has 2 aromatic rings. The quantitative estimate of drug-likeness (QED) is 0.674. The molecule has 0 aliphatic heterocycles. The van der Waals surface area contributed by atoms with Crippen LogP contribution in [0.5, 0.6) is 0 Å². The van der Waals surface area contributed by atoms with Gasteiger partial charge in [-0.3, -0.25) is 14.9 Å². The number of carboxylic acid groups (broad SMARTS) is 1. The zero-order chi connectivity index (χ0) is 13.8. The van der Waals surface area contributed by atoms with E-state index in [4.69, 9.17) is 0 Å². The van der Waals surface area contributed by atoms with Gasteiger partial charge in [-0.25, -0.2) is 0 Å². The highest BCUT2D eigenvalue weighted by molar-refractivity contribution is 5.82. The first-order chi connectivity index (χ1) is 9.11. The number of rotatable bonds is 4. The third-order valence-corrected chi connectivity index (χ3v) is 2.82. The van der Waals surface area contributed by atoms with Crippen LogP contribution in [0.15, 0.2) is 54.6 Å². The Morgan fingerprint density at radius 2 is 1.63 bits per heavy atom. The summed E-state index contributed by atoms with van der Waals surface area (Å²) >= 11 is 0. The maximum atomic E-state index is 11.5. The third-order valence-electron chi connectivity index (χ3n) is 2.82. The highest BCUT2D eigenvalue weighted by Gasteiger charge is 2.28. The minimum absolute atomic E-state index is 0.182. The van der Waals surface area contributed by atoms with Gasteiger partial charge in [0.15, 0.2) is 0 Å². The van der Waals surface area contributed by atoms with Crippen LogP contribution in [0.25, 0.3) is 0 Å². The predicted octanol–water partition coefficient (Wildman–Crippen LogP) is 2.81. The van der Waals surface area contributed by atoms with Crippen LogP contribution < -0.4 is 0 Å². The van der Waals surface area contributed by atoms with Gasteiger partial charge in [0, 0.05) is 11.6 Å². The van der Waals surface area contributed by atoms with Crippen molar-refractivity contribution >= 4 is 11.7 Å². The molecule has 19 heavy (non-hydrogen) atoms. The number of aliphatic carboxylic acids is 1. The van der Waals surface area contributed by atoms with E-state index in [0.29, 0.717) is 5.56 Å². The topological polar surface area (TPSA) is 80.4 Å². The molecule has 0 saturated heterocycles. The molecule has 1 atom stereocenters. The van der Waals surface area contributed by atoms with Crippen LogP contribution in [-0.2, 0) is 4.79 Å². The van der Waals surface area contributed by atoms with Gasteiger partial charge in [-0.05, 0) is 5.56 Å². The van der Waals surface area contributed by atoms with Crippen molar-refractivity contribution in [2.24, 2.45) is 0 Å². The van der Waals surface area contributed by atoms with Gasteiger partial charge in [0.2, 0.25) is 0 Å². The Balaban J connectivity index is 2.59. The van der Waals surface area contributed by atoms with E-state index in [2.05, 4.69) is 0 Å². The zero-order valence-electron chi connectivity index (χ0n) is 9.89. The van der Waals surface area contributed by atoms with E-state index < -0.39 is 16.8 Å². The van der Waals surface area contributed by atoms with E-state index in [9.17, 15) is 20.0 Å². The molecule has 96 valence electrons. The van der Waals surface area contributed by atoms with E-state index in [-0.39, 0.29) is 11.3 Å². The number of benzene rings is 2. The minimum Gasteiger partial charge on any atom is -0.481 e. The van der Waals surface area contributed by atoms with Gasteiger partial charge in [0.25, 0.3) is 5.69 Å². The van der Waals surface area contributed by atoms with E-state index in [1.807, 2.05) is 0 Å². The molecule has 2 rings (SSSR count). The number of hydrogen-bond donors (Lipinski definition) is 1. The number of para-hydroxylation sites is 1. The summed E-state index contributed by atoms with van der Waals surface area (Å²) in [5.41, 5.74) is 0.522. The van der Waals surface area contributed by atoms with Crippen LogP contribution >= 0.6 is 0 Å². The van der Waals surface area contributed by atoms with Crippen molar-refractivity contribution in [1.82, 2.24) is 0 Å². The molecule has 0 aromatic heterocycles. The molecular formula is C14H11NO4. The Labute approximate surface area is 109 Å². The van der Waals surface area contributed by atoms with Gasteiger partial charge in [-0.1, -0.05) is 48.5 Å². The van der Waals surface area contributed by atoms with Crippen molar-refractivity contribution in [2.75, 3.05) is 0 Å². The molecule has 0 bridgehead atoms. The minimum atomic E-state index is -1.11. The second kappa shape index (κ2) is 5.30. The molecule has 2 aromatic carbocycles. The van der Waals surface area contributed by atoms with Gasteiger partial charge in [0.1, 0.15) is 5.92 Å². The van der Waals surface area contributed by atoms with Crippen molar-refractivity contribution in [3.05, 3.63) is 75.8 Å². The maximum Gasteiger partial charge on any atom is 0.315 e. The van der Waals surface area contributed by atoms with Crippen LogP contribution in [0, 0.1) is 10.1 Å². The first kappa shape index (κ1) is 12.8. The molecule has 1 unspecified atom stereocenters. The summed E-state index contributed by atoms with van der Waals surface area (Å²) in [7, 11) is 0. The van der Waals surface area contributed by atoms with Gasteiger partial charge < -0.3 is 5.11 Å². The molecule has 0 spiro atoms. The SMILES string of the molecule is O=C(O)C(c1ccccc1)c1ccccc1[N+](=O)[O-]. The Kier molecular flexibility index (Phi) is 3.56. The van der Waals surface area contributed by atoms with Gasteiger partial charge in [0.05, 0.1) is 4.92 Å². The summed E-state index contributed by atoms with van der Waals surface area (Å²) in [6, 6.07) is 14.4. The summed E-state index contributed by atoms with van der Waals surface area (Å²) in [6.07, 6.45) is 0. The second-order valence-electron chi connectivity index (χ2n) is 4.00. The average molecular weight is 257 g/mol. The van der Waals surface area contributed by atoms with Crippen molar-refractivity contribution in [3.63, 3.8) is 0 Å². The molecule has 0 radical (unpaired) electrons. The highest BCUT2D eigenvalue weighted by Crippen LogP contribution is 2.31. The molecule has 5 nitrogen and oxygen atoms in total. The molecular weight excluding hydrogens is 246 g/mol. The Bertz CT molecular complexity index is 610. The fraction of sp³-hybridized carbons (Fsp3) is 0.0714. The molecule has 0 saturated carbocycles. The number of carboxylic acids is 1. The number of hydrogen-bond acceptors (Lipinski definition) is 3. The average Bonchev–Trinajstić information content (AvgIpc) is 2.40. The molecule has 0 amide bonds. The monoisotopic (exact) mass is 257 g/mol. The normalized spacial score (nSPS) is 11.8. The Morgan fingerprint density at radius 3 is 2.21 bits per heavy atom. The van der Waals surface area contributed by atoms with Crippen molar-refractivity contribution in [1.29, 1.82) is 0 Å². The summed E-state index contributed by atoms with van der Waals surface area (Å²) in [5, 5.41) is 20.4. The van der Waals surface area contributed by atoms with E-state index in [0.717, 1.165) is 0 Å². The maximum absolute atomic E-state index is 11.5. The van der Waals surface area contributed by atoms with Crippen LogP contribution in [-0.4, -0.2) is 16.0 Å². The van der Waals surface area contributed by atoms with Crippen molar-refractivity contribution in [3.8, 4) is 0 Å². The lowest BCUT2D eigenvalue weighted by atomic mass is 9.90. The molecule has 0 aliphatic rings. The fourth-order valence-electron chi connectivity index (χ4n) is 2.00. The summed E-state index contributed by atoms with van der Waals surface area (Å²) in [4.78, 5) is 21.9. The third kappa shape index (κ3) is 2.60. The second-order valence-corrected chi connectivity index (χ2v) is 4.00. The number of nitro benzene ring substituents is 1. The molecule has 5 heteroatoms. The summed E-state index contributed by atoms with van der Waals surface area (Å²) in [5.74, 6) is -2.15. The van der Waals surface area contributed by atoms with Crippen LogP contribution in [0.1, 0.15) is 17.0 Å². The highest BCUT2D eigenvalue weighted by atomic mass is 16.6. The number of carbonyl (C=O) groups is 1. The first-order valence-electron chi connectivity index (χ1n) is 5.62. The van der Waals surface area contributed by atoms with Crippen LogP contribution in [0.4, 0.5) is 5.69 Å². The lowest BCUT2D eigenvalue weighted by Crippen LogP contribution is -2.14. The number of nitro groups is 1. The molecule has 0 aliphatic carbocycles. The van der Waals surface area contributed by atoms with Gasteiger partial charge >= 0.3 is 5.97 Å². The lowest BCUT2D eigenvalue weighted by molar-refractivity contribution is -0.385. The van der Waals surface area contributed by atoms with E-state index in [1.54, 1.807) is 36.4 Å². The zero-order valence-corrected chi connectivity index (χ0v) is 9.89. The number of nitrogens with zero attached hydrogens (tertiary/aromatic N) is 1. The van der Waals surface area contributed by atoms with E-state index >= 15 is 0 Å². The van der Waals surface area contributed by atoms with Gasteiger partial charge in [-0.15, -0.1) is 0 Å². The molecule has 0 heterocycles. The first-order valence-corrected chi connectivity index (χ1v) is 5.62. The van der Waals surface area contributed by atoms with Crippen molar-refractivity contribution in [2.45, 2.75) is 5.92 Å². The van der Waals surface area contributed by atoms with Crippen LogP contribution in [0.3, 0.4) is 0 Å². The summed E-state index contributed by atoms with van der Waals surface area (Å²) in [6.45, 7) is 0. The smallest absolute Gasteiger partial charge is 0.315 e. The lowest BCUT2D eigenvalue weighted by Gasteiger charge is -2.13. The molecule has 0 fully saturated rings. The summed E-state index contributed by atoms with van der Waals surface area (Å²) < 4.78 is 0. The predicted molar refractivity (Wildman–Crippen MR) is 69.0 cm³/mol. The van der Waals surface area contributed by atoms with Crippen molar-refractivity contribution < 1.29 is 14.8 Å². The standard InChI is InChI=1S/C14H11NO4/c16-14(17)13(10-6-2-1-3-7-10)11-8-4-5-9-12(11)15(18)19/h1-9,13H,(H,16,17).